The highest BCUT2D eigenvalue weighted by molar-refractivity contribution is 9.10. The summed E-state index contributed by atoms with van der Waals surface area (Å²) in [4.78, 5) is 0. The summed E-state index contributed by atoms with van der Waals surface area (Å²) in [5.41, 5.74) is 0.433. The van der Waals surface area contributed by atoms with Gasteiger partial charge in [0.25, 0.3) is 0 Å². The molecule has 1 aromatic carbocycles. The van der Waals surface area contributed by atoms with Crippen LogP contribution in [-0.4, -0.2) is 15.5 Å². The number of halogens is 3. The minimum absolute atomic E-state index is 0.142. The molecule has 0 aromatic heterocycles. The molecule has 1 atom stereocenters. The quantitative estimate of drug-likeness (QED) is 0.475. The van der Waals surface area contributed by atoms with Crippen LogP contribution in [0.25, 0.3) is 0 Å². The lowest BCUT2D eigenvalue weighted by Gasteiger charge is -2.09. The molecule has 0 saturated carbocycles. The second-order valence-electron chi connectivity index (χ2n) is 3.75. The van der Waals surface area contributed by atoms with Crippen LogP contribution >= 0.6 is 15.9 Å². The minimum Gasteiger partial charge on any atom is -0.591 e. The summed E-state index contributed by atoms with van der Waals surface area (Å²) in [5.74, 6) is -1.39. The molecule has 94 valence electrons. The Morgan fingerprint density at radius 3 is 2.47 bits per heavy atom. The van der Waals surface area contributed by atoms with Gasteiger partial charge in [-0.3, -0.25) is 0 Å². The lowest BCUT2D eigenvalue weighted by atomic mass is 10.1. The predicted octanol–water partition coefficient (Wildman–Crippen LogP) is 3.61. The Morgan fingerprint density at radius 2 is 1.94 bits per heavy atom. The van der Waals surface area contributed by atoms with Crippen LogP contribution in [0.3, 0.4) is 0 Å². The van der Waals surface area contributed by atoms with Gasteiger partial charge in [-0.1, -0.05) is 4.40 Å². The number of benzene rings is 1. The van der Waals surface area contributed by atoms with Gasteiger partial charge in [0.1, 0.15) is 16.9 Å². The fourth-order valence-corrected chi connectivity index (χ4v) is 2.01. The molecule has 0 fully saturated rings. The van der Waals surface area contributed by atoms with Gasteiger partial charge in [-0.25, -0.2) is 8.78 Å². The fourth-order valence-electron chi connectivity index (χ4n) is 1.09. The Morgan fingerprint density at radius 1 is 1.35 bits per heavy atom. The Bertz CT molecular complexity index is 451. The zero-order chi connectivity index (χ0) is 13.2. The molecule has 0 unspecified atom stereocenters. The third kappa shape index (κ3) is 3.76. The van der Waals surface area contributed by atoms with Crippen LogP contribution in [0.4, 0.5) is 8.78 Å². The molecule has 17 heavy (non-hydrogen) atoms. The zero-order valence-electron chi connectivity index (χ0n) is 9.63. The first kappa shape index (κ1) is 14.6. The van der Waals surface area contributed by atoms with Crippen molar-refractivity contribution in [2.75, 3.05) is 0 Å². The highest BCUT2D eigenvalue weighted by Crippen LogP contribution is 2.21. The molecule has 0 heterocycles. The molecule has 2 nitrogen and oxygen atoms in total. The Kier molecular flexibility index (Phi) is 5.09. The number of nitrogens with zero attached hydrogens (tertiary/aromatic N) is 1. The third-order valence-electron chi connectivity index (χ3n) is 2.03. The Labute approximate surface area is 111 Å². The standard InChI is InChI=1S/C11H12BrF2NOS/c1-6(2)17(16)15-7(3)8-4-9(12)11(14)5-10(8)13/h4-6H,1-3H3/b15-7+/t17-/m1/s1. The summed E-state index contributed by atoms with van der Waals surface area (Å²) in [5, 5.41) is -0.142. The first-order chi connectivity index (χ1) is 7.82. The van der Waals surface area contributed by atoms with Gasteiger partial charge in [0, 0.05) is 11.6 Å². The molecule has 0 amide bonds. The molecule has 0 bridgehead atoms. The van der Waals surface area contributed by atoms with E-state index >= 15 is 0 Å². The summed E-state index contributed by atoms with van der Waals surface area (Å²) in [6.45, 7) is 5.05. The number of hydrogen-bond donors (Lipinski definition) is 0. The van der Waals surface area contributed by atoms with Crippen LogP contribution in [0.15, 0.2) is 21.0 Å². The molecule has 1 rings (SSSR count). The van der Waals surface area contributed by atoms with Gasteiger partial charge >= 0.3 is 0 Å². The Balaban J connectivity index is 3.12. The third-order valence-corrected chi connectivity index (χ3v) is 3.90. The van der Waals surface area contributed by atoms with Crippen molar-refractivity contribution in [3.63, 3.8) is 0 Å². The van der Waals surface area contributed by atoms with Crippen molar-refractivity contribution in [3.8, 4) is 0 Å². The van der Waals surface area contributed by atoms with Gasteiger partial charge in [0.05, 0.1) is 21.5 Å². The van der Waals surface area contributed by atoms with Crippen molar-refractivity contribution in [2.24, 2.45) is 4.40 Å². The van der Waals surface area contributed by atoms with E-state index in [0.29, 0.717) is 0 Å². The lowest BCUT2D eigenvalue weighted by Crippen LogP contribution is -2.13. The van der Waals surface area contributed by atoms with Crippen LogP contribution in [0.5, 0.6) is 0 Å². The topological polar surface area (TPSA) is 35.4 Å². The molecular weight excluding hydrogens is 312 g/mol. The van der Waals surface area contributed by atoms with E-state index in [1.165, 1.54) is 6.07 Å². The maximum atomic E-state index is 13.5. The summed E-state index contributed by atoms with van der Waals surface area (Å²) < 4.78 is 42.1. The monoisotopic (exact) mass is 323 g/mol. The van der Waals surface area contributed by atoms with Crippen molar-refractivity contribution in [1.29, 1.82) is 0 Å². The van der Waals surface area contributed by atoms with Crippen LogP contribution in [0, 0.1) is 11.6 Å². The van der Waals surface area contributed by atoms with Crippen molar-refractivity contribution < 1.29 is 13.3 Å². The molecule has 1 aromatic rings. The van der Waals surface area contributed by atoms with Crippen molar-refractivity contribution in [1.82, 2.24) is 0 Å². The molecule has 0 aliphatic carbocycles. The molecule has 6 heteroatoms. The molecular formula is C11H12BrF2NOS. The van der Waals surface area contributed by atoms with Crippen LogP contribution in [0.1, 0.15) is 26.3 Å². The summed E-state index contributed by atoms with van der Waals surface area (Å²) in [6, 6.07) is 2.07. The second-order valence-corrected chi connectivity index (χ2v) is 6.28. The van der Waals surface area contributed by atoms with E-state index in [0.717, 1.165) is 6.07 Å². The first-order valence-electron chi connectivity index (χ1n) is 4.93. The SMILES string of the molecule is C/C(=N\[S@+]([O-])C(C)C)c1cc(Br)c(F)cc1F. The van der Waals surface area contributed by atoms with Gasteiger partial charge in [-0.05, 0) is 42.8 Å². The van der Waals surface area contributed by atoms with Gasteiger partial charge in [-0.2, -0.15) is 0 Å². The fraction of sp³-hybridized carbons (Fsp3) is 0.364. The molecule has 0 radical (unpaired) electrons. The average molecular weight is 324 g/mol. The van der Waals surface area contributed by atoms with E-state index in [2.05, 4.69) is 20.3 Å². The number of hydrogen-bond acceptors (Lipinski definition) is 2. The number of rotatable bonds is 3. The summed E-state index contributed by atoms with van der Waals surface area (Å²) in [7, 11) is 0. The predicted molar refractivity (Wildman–Crippen MR) is 69.5 cm³/mol. The molecule has 0 saturated heterocycles. The van der Waals surface area contributed by atoms with E-state index in [9.17, 15) is 13.3 Å². The molecule has 0 aliphatic heterocycles. The van der Waals surface area contributed by atoms with Gasteiger partial charge < -0.3 is 4.55 Å². The van der Waals surface area contributed by atoms with Crippen molar-refractivity contribution >= 4 is 33.0 Å². The van der Waals surface area contributed by atoms with Gasteiger partial charge in [-0.15, -0.1) is 0 Å². The van der Waals surface area contributed by atoms with E-state index in [1.54, 1.807) is 20.8 Å². The summed E-state index contributed by atoms with van der Waals surface area (Å²) >= 11 is 1.56. The first-order valence-corrected chi connectivity index (χ1v) is 6.90. The summed E-state index contributed by atoms with van der Waals surface area (Å²) in [6.07, 6.45) is 0. The van der Waals surface area contributed by atoms with Crippen LogP contribution < -0.4 is 0 Å². The van der Waals surface area contributed by atoms with E-state index < -0.39 is 23.0 Å². The second kappa shape index (κ2) is 5.93. The average Bonchev–Trinajstić information content (AvgIpc) is 2.22. The largest absolute Gasteiger partial charge is 0.591 e. The smallest absolute Gasteiger partial charge is 0.140 e. The van der Waals surface area contributed by atoms with Gasteiger partial charge in [0.2, 0.25) is 0 Å². The molecule has 0 spiro atoms. The maximum Gasteiger partial charge on any atom is 0.140 e. The van der Waals surface area contributed by atoms with Crippen LogP contribution in [0.2, 0.25) is 0 Å². The maximum absolute atomic E-state index is 13.5. The van der Waals surface area contributed by atoms with Crippen LogP contribution in [-0.2, 0) is 11.4 Å². The van der Waals surface area contributed by atoms with E-state index in [4.69, 9.17) is 0 Å². The lowest BCUT2D eigenvalue weighted by molar-refractivity contribution is 0.577. The van der Waals surface area contributed by atoms with E-state index in [-0.39, 0.29) is 21.0 Å². The van der Waals surface area contributed by atoms with Crippen molar-refractivity contribution in [2.45, 2.75) is 26.0 Å². The molecule has 0 N–H and O–H groups in total. The zero-order valence-corrected chi connectivity index (χ0v) is 12.0. The highest BCUT2D eigenvalue weighted by Gasteiger charge is 2.16. The normalized spacial score (nSPS) is 14.2. The van der Waals surface area contributed by atoms with E-state index in [1.807, 2.05) is 0 Å². The molecule has 0 aliphatic rings. The minimum atomic E-state index is -1.41. The Hall–Kier alpha value is -0.460. The van der Waals surface area contributed by atoms with Crippen molar-refractivity contribution in [3.05, 3.63) is 33.8 Å². The van der Waals surface area contributed by atoms with Gasteiger partial charge in [0.15, 0.2) is 0 Å². The highest BCUT2D eigenvalue weighted by atomic mass is 79.9.